The molecule has 1 aliphatic rings. The molecule has 24 heavy (non-hydrogen) atoms. The monoisotopic (exact) mass is 313 g/mol. The Morgan fingerprint density at radius 2 is 1.75 bits per heavy atom. The van der Waals surface area contributed by atoms with E-state index in [9.17, 15) is 4.79 Å². The summed E-state index contributed by atoms with van der Waals surface area (Å²) in [4.78, 5) is 13.5. The van der Waals surface area contributed by atoms with Crippen molar-refractivity contribution in [2.75, 3.05) is 11.9 Å². The lowest BCUT2D eigenvalue weighted by atomic mass is 10.0. The van der Waals surface area contributed by atoms with Gasteiger partial charge in [0, 0.05) is 13.1 Å². The molecule has 0 N–H and O–H groups in total. The summed E-state index contributed by atoms with van der Waals surface area (Å²) in [6, 6.07) is 21.8. The smallest absolute Gasteiger partial charge is 0.201 e. The minimum Gasteiger partial charge on any atom is -0.439 e. The van der Waals surface area contributed by atoms with Gasteiger partial charge < -0.3 is 9.64 Å². The zero-order chi connectivity index (χ0) is 16.5. The highest BCUT2D eigenvalue weighted by Gasteiger charge is 2.22. The number of nitrogens with zero attached hydrogens (tertiary/aromatic N) is 1. The summed E-state index contributed by atoms with van der Waals surface area (Å²) in [5.41, 5.74) is 2.27. The van der Waals surface area contributed by atoms with Gasteiger partial charge >= 0.3 is 0 Å². The third-order valence-corrected chi connectivity index (χ3v) is 4.21. The number of benzene rings is 3. The van der Waals surface area contributed by atoms with Crippen LogP contribution < -0.4 is 9.64 Å². The van der Waals surface area contributed by atoms with E-state index in [4.69, 9.17) is 4.74 Å². The van der Waals surface area contributed by atoms with E-state index >= 15 is 0 Å². The summed E-state index contributed by atoms with van der Waals surface area (Å²) in [5.74, 6) is 3.44. The van der Waals surface area contributed by atoms with Crippen LogP contribution in [0.1, 0.15) is 5.56 Å². The lowest BCUT2D eigenvalue weighted by molar-refractivity contribution is 0.444. The van der Waals surface area contributed by atoms with Gasteiger partial charge in [0.1, 0.15) is 5.94 Å². The van der Waals surface area contributed by atoms with Gasteiger partial charge in [-0.1, -0.05) is 48.5 Å². The Bertz CT molecular complexity index is 1010. The van der Waals surface area contributed by atoms with Crippen molar-refractivity contribution in [3.8, 4) is 5.75 Å². The molecule has 1 aliphatic heterocycles. The van der Waals surface area contributed by atoms with Crippen molar-refractivity contribution in [2.45, 2.75) is 0 Å². The van der Waals surface area contributed by atoms with Crippen molar-refractivity contribution in [3.63, 3.8) is 0 Å². The molecule has 0 saturated carbocycles. The number of hydrogen-bond donors (Lipinski definition) is 0. The molecule has 3 heteroatoms. The summed E-state index contributed by atoms with van der Waals surface area (Å²) < 4.78 is 5.85. The Morgan fingerprint density at radius 3 is 2.54 bits per heavy atom. The van der Waals surface area contributed by atoms with Gasteiger partial charge in [0.25, 0.3) is 0 Å². The first-order chi connectivity index (χ1) is 11.8. The second kappa shape index (κ2) is 5.73. The lowest BCUT2D eigenvalue weighted by Gasteiger charge is -2.11. The van der Waals surface area contributed by atoms with E-state index in [2.05, 4.69) is 0 Å². The minimum atomic E-state index is 0.468. The number of hydrogen-bond acceptors (Lipinski definition) is 3. The number of ether oxygens (including phenoxy) is 1. The average Bonchev–Trinajstić information content (AvgIpc) is 2.95. The van der Waals surface area contributed by atoms with Gasteiger partial charge in [-0.25, -0.2) is 4.79 Å². The van der Waals surface area contributed by atoms with E-state index in [1.807, 2.05) is 84.6 Å². The highest BCUT2D eigenvalue weighted by Crippen LogP contribution is 2.38. The summed E-state index contributed by atoms with van der Waals surface area (Å²) in [5, 5.41) is 2.23. The number of carbonyl (C=O) groups excluding carboxylic acids is 1. The molecule has 0 spiro atoms. The maximum Gasteiger partial charge on any atom is 0.201 e. The maximum atomic E-state index is 11.5. The molecular weight excluding hydrogens is 298 g/mol. The molecule has 4 rings (SSSR count). The second-order valence-corrected chi connectivity index (χ2v) is 5.69. The second-order valence-electron chi connectivity index (χ2n) is 5.69. The van der Waals surface area contributed by atoms with E-state index in [1.165, 1.54) is 0 Å². The first-order valence-corrected chi connectivity index (χ1v) is 7.73. The molecule has 0 aliphatic carbocycles. The minimum absolute atomic E-state index is 0.468. The van der Waals surface area contributed by atoms with Gasteiger partial charge in [-0.15, -0.1) is 0 Å². The molecule has 0 aromatic heterocycles. The summed E-state index contributed by atoms with van der Waals surface area (Å²) in [6.45, 7) is 0. The van der Waals surface area contributed by atoms with E-state index in [0.29, 0.717) is 11.5 Å². The standard InChI is InChI=1S/C21H15NO2/c1-22-19-8-4-5-9-20(19)24-21(22)13-18(14-23)17-11-10-15-6-2-3-7-16(15)12-17/h2-13H,1H3. The fourth-order valence-electron chi connectivity index (χ4n) is 2.90. The van der Waals surface area contributed by atoms with Gasteiger partial charge in [-0.2, -0.15) is 0 Å². The molecule has 3 nitrogen and oxygen atoms in total. The van der Waals surface area contributed by atoms with E-state index in [-0.39, 0.29) is 0 Å². The van der Waals surface area contributed by atoms with Crippen LogP contribution in [0.3, 0.4) is 0 Å². The van der Waals surface area contributed by atoms with Crippen LogP contribution in [0.4, 0.5) is 5.69 Å². The predicted octanol–water partition coefficient (Wildman–Crippen LogP) is 4.43. The van der Waals surface area contributed by atoms with Crippen LogP contribution in [0.5, 0.6) is 5.75 Å². The number of rotatable bonds is 2. The highest BCUT2D eigenvalue weighted by molar-refractivity contribution is 5.97. The molecule has 0 unspecified atom stereocenters. The van der Waals surface area contributed by atoms with Crippen molar-refractivity contribution in [3.05, 3.63) is 84.3 Å². The number of anilines is 1. The summed E-state index contributed by atoms with van der Waals surface area (Å²) >= 11 is 0. The Hall–Kier alpha value is -3.29. The molecule has 3 aromatic rings. The molecule has 116 valence electrons. The van der Waals surface area contributed by atoms with E-state index in [0.717, 1.165) is 27.8 Å². The number of allylic oxidation sites excluding steroid dienone is 2. The van der Waals surface area contributed by atoms with Crippen molar-refractivity contribution >= 4 is 28.0 Å². The van der Waals surface area contributed by atoms with Gasteiger partial charge in [0.05, 0.1) is 11.3 Å². The molecule has 3 aromatic carbocycles. The van der Waals surface area contributed by atoms with E-state index < -0.39 is 0 Å². The van der Waals surface area contributed by atoms with Gasteiger partial charge in [0.2, 0.25) is 5.88 Å². The van der Waals surface area contributed by atoms with Gasteiger partial charge in [-0.3, -0.25) is 0 Å². The predicted molar refractivity (Wildman–Crippen MR) is 96.6 cm³/mol. The first kappa shape index (κ1) is 14.3. The molecule has 1 heterocycles. The summed E-state index contributed by atoms with van der Waals surface area (Å²) in [6.07, 6.45) is 1.73. The Kier molecular flexibility index (Phi) is 3.42. The zero-order valence-corrected chi connectivity index (χ0v) is 13.2. The van der Waals surface area contributed by atoms with Crippen LogP contribution in [0.15, 0.2) is 78.7 Å². The SMILES string of the molecule is CN1C(=CC(=C=O)c2ccc3ccccc3c2)Oc2ccccc21. The van der Waals surface area contributed by atoms with Gasteiger partial charge in [0.15, 0.2) is 5.75 Å². The fourth-order valence-corrected chi connectivity index (χ4v) is 2.90. The van der Waals surface area contributed by atoms with Crippen molar-refractivity contribution in [1.82, 2.24) is 0 Å². The highest BCUT2D eigenvalue weighted by atomic mass is 16.5. The molecule has 0 amide bonds. The molecule has 0 fully saturated rings. The topological polar surface area (TPSA) is 29.5 Å². The molecular formula is C21H15NO2. The lowest BCUT2D eigenvalue weighted by Crippen LogP contribution is -2.13. The van der Waals surface area contributed by atoms with Gasteiger partial charge in [-0.05, 0) is 34.5 Å². The van der Waals surface area contributed by atoms with Crippen LogP contribution in [-0.2, 0) is 4.79 Å². The van der Waals surface area contributed by atoms with Crippen LogP contribution in [-0.4, -0.2) is 13.0 Å². The number of para-hydroxylation sites is 2. The Balaban J connectivity index is 1.73. The molecule has 0 bridgehead atoms. The van der Waals surface area contributed by atoms with Crippen LogP contribution >= 0.6 is 0 Å². The van der Waals surface area contributed by atoms with E-state index in [1.54, 1.807) is 6.08 Å². The first-order valence-electron chi connectivity index (χ1n) is 7.73. The fraction of sp³-hybridized carbons (Fsp3) is 0.0476. The largest absolute Gasteiger partial charge is 0.439 e. The average molecular weight is 313 g/mol. The molecule has 0 saturated heterocycles. The van der Waals surface area contributed by atoms with Crippen LogP contribution in [0.2, 0.25) is 0 Å². The Labute approximate surface area is 140 Å². The number of fused-ring (bicyclic) bond motifs is 2. The summed E-state index contributed by atoms with van der Waals surface area (Å²) in [7, 11) is 1.92. The molecule has 0 radical (unpaired) electrons. The van der Waals surface area contributed by atoms with Crippen molar-refractivity contribution in [1.29, 1.82) is 0 Å². The third-order valence-electron chi connectivity index (χ3n) is 4.21. The molecule has 0 atom stereocenters. The zero-order valence-electron chi connectivity index (χ0n) is 13.2. The van der Waals surface area contributed by atoms with Crippen LogP contribution in [0, 0.1) is 0 Å². The maximum absolute atomic E-state index is 11.5. The quantitative estimate of drug-likeness (QED) is 0.656. The van der Waals surface area contributed by atoms with Crippen molar-refractivity contribution < 1.29 is 9.53 Å². The van der Waals surface area contributed by atoms with Crippen LogP contribution in [0.25, 0.3) is 16.3 Å². The van der Waals surface area contributed by atoms with Crippen molar-refractivity contribution in [2.24, 2.45) is 0 Å². The Morgan fingerprint density at radius 1 is 1.00 bits per heavy atom. The third kappa shape index (κ3) is 2.37. The normalized spacial score (nSPS) is 14.4.